The molecule has 24 heavy (non-hydrogen) atoms. The zero-order valence-electron chi connectivity index (χ0n) is 13.3. The first-order valence-electron chi connectivity index (χ1n) is 7.41. The molecule has 0 fully saturated rings. The fraction of sp³-hybridized carbons (Fsp3) is 0.167. The number of benzene rings is 2. The monoisotopic (exact) mass is 343 g/mol. The van der Waals surface area contributed by atoms with E-state index >= 15 is 0 Å². The van der Waals surface area contributed by atoms with E-state index in [4.69, 9.17) is 9.15 Å². The van der Waals surface area contributed by atoms with E-state index in [0.717, 1.165) is 5.56 Å². The molecule has 0 bridgehead atoms. The van der Waals surface area contributed by atoms with Gasteiger partial charge >= 0.3 is 0 Å². The Morgan fingerprint density at radius 1 is 1.04 bits per heavy atom. The number of rotatable bonds is 5. The fourth-order valence-electron chi connectivity index (χ4n) is 2.23. The zero-order chi connectivity index (χ0) is 17.2. The van der Waals surface area contributed by atoms with E-state index in [-0.39, 0.29) is 4.90 Å². The number of nitrogens with zero attached hydrogens (tertiary/aromatic N) is 1. The number of sulfone groups is 1. The van der Waals surface area contributed by atoms with E-state index in [1.54, 1.807) is 18.3 Å². The standard InChI is InChI=1S/C18H17NO4S/c1-13(22-15-8-10-16(11-9-15)24(2,20)21)18-19-12-17(23-18)14-6-4-3-5-7-14/h3-13H,1-2H3. The molecule has 1 atom stereocenters. The summed E-state index contributed by atoms with van der Waals surface area (Å²) in [6.07, 6.45) is 2.44. The third kappa shape index (κ3) is 3.65. The van der Waals surface area contributed by atoms with Crippen molar-refractivity contribution in [3.63, 3.8) is 0 Å². The van der Waals surface area contributed by atoms with Crippen LogP contribution in [0.3, 0.4) is 0 Å². The highest BCUT2D eigenvalue weighted by Crippen LogP contribution is 2.26. The van der Waals surface area contributed by atoms with Crippen LogP contribution in [0.1, 0.15) is 18.9 Å². The molecule has 3 rings (SSSR count). The van der Waals surface area contributed by atoms with Crippen LogP contribution in [0, 0.1) is 0 Å². The van der Waals surface area contributed by atoms with Gasteiger partial charge in [0.1, 0.15) is 5.75 Å². The molecule has 0 N–H and O–H groups in total. The highest BCUT2D eigenvalue weighted by molar-refractivity contribution is 7.90. The lowest BCUT2D eigenvalue weighted by Gasteiger charge is -2.11. The number of aromatic nitrogens is 1. The summed E-state index contributed by atoms with van der Waals surface area (Å²) in [4.78, 5) is 4.51. The van der Waals surface area contributed by atoms with Crippen LogP contribution >= 0.6 is 0 Å². The highest BCUT2D eigenvalue weighted by Gasteiger charge is 2.15. The van der Waals surface area contributed by atoms with Crippen molar-refractivity contribution >= 4 is 9.84 Å². The molecule has 0 radical (unpaired) electrons. The summed E-state index contributed by atoms with van der Waals surface area (Å²) in [7, 11) is -3.21. The second kappa shape index (κ2) is 6.49. The third-order valence-electron chi connectivity index (χ3n) is 3.49. The van der Waals surface area contributed by atoms with Crippen molar-refractivity contribution in [3.05, 3.63) is 66.7 Å². The Balaban J connectivity index is 1.74. The van der Waals surface area contributed by atoms with Crippen LogP contribution in [0.4, 0.5) is 0 Å². The first kappa shape index (κ1) is 16.3. The molecule has 5 nitrogen and oxygen atoms in total. The van der Waals surface area contributed by atoms with Gasteiger partial charge in [0.15, 0.2) is 21.7 Å². The van der Waals surface area contributed by atoms with Gasteiger partial charge in [0, 0.05) is 11.8 Å². The van der Waals surface area contributed by atoms with Crippen LogP contribution in [0.2, 0.25) is 0 Å². The lowest BCUT2D eigenvalue weighted by molar-refractivity contribution is 0.189. The van der Waals surface area contributed by atoms with Crippen molar-refractivity contribution in [2.45, 2.75) is 17.9 Å². The van der Waals surface area contributed by atoms with Gasteiger partial charge < -0.3 is 9.15 Å². The average molecular weight is 343 g/mol. The molecule has 0 aliphatic carbocycles. The van der Waals surface area contributed by atoms with Gasteiger partial charge in [-0.25, -0.2) is 13.4 Å². The molecule has 0 aliphatic rings. The summed E-state index contributed by atoms with van der Waals surface area (Å²) in [5.74, 6) is 1.68. The van der Waals surface area contributed by atoms with Crippen molar-refractivity contribution in [1.29, 1.82) is 0 Å². The molecule has 0 saturated heterocycles. The first-order valence-corrected chi connectivity index (χ1v) is 9.30. The largest absolute Gasteiger partial charge is 0.481 e. The molecular formula is C18H17NO4S. The average Bonchev–Trinajstić information content (AvgIpc) is 3.05. The molecule has 1 unspecified atom stereocenters. The molecule has 0 amide bonds. The molecule has 3 aromatic rings. The number of hydrogen-bond acceptors (Lipinski definition) is 5. The normalized spacial score (nSPS) is 12.8. The van der Waals surface area contributed by atoms with E-state index < -0.39 is 15.9 Å². The van der Waals surface area contributed by atoms with Gasteiger partial charge in [0.2, 0.25) is 5.89 Å². The molecular weight excluding hydrogens is 326 g/mol. The van der Waals surface area contributed by atoms with E-state index in [1.165, 1.54) is 18.4 Å². The van der Waals surface area contributed by atoms with Crippen molar-refractivity contribution in [1.82, 2.24) is 4.98 Å². The molecule has 0 aliphatic heterocycles. The predicted molar refractivity (Wildman–Crippen MR) is 90.5 cm³/mol. The van der Waals surface area contributed by atoms with Gasteiger partial charge in [-0.2, -0.15) is 0 Å². The lowest BCUT2D eigenvalue weighted by atomic mass is 10.2. The number of hydrogen-bond donors (Lipinski definition) is 0. The molecule has 0 saturated carbocycles. The van der Waals surface area contributed by atoms with Crippen molar-refractivity contribution in [2.75, 3.05) is 6.26 Å². The van der Waals surface area contributed by atoms with Crippen LogP contribution in [0.15, 0.2) is 70.1 Å². The summed E-state index contributed by atoms with van der Waals surface area (Å²) in [5.41, 5.74) is 0.945. The Morgan fingerprint density at radius 3 is 2.33 bits per heavy atom. The van der Waals surface area contributed by atoms with E-state index in [2.05, 4.69) is 4.98 Å². The summed E-state index contributed by atoms with van der Waals surface area (Å²) in [6.45, 7) is 1.82. The molecule has 1 aromatic heterocycles. The van der Waals surface area contributed by atoms with Crippen molar-refractivity contribution < 1.29 is 17.6 Å². The molecule has 1 heterocycles. The topological polar surface area (TPSA) is 69.4 Å². The maximum Gasteiger partial charge on any atom is 0.235 e. The van der Waals surface area contributed by atoms with Crippen LogP contribution < -0.4 is 4.74 Å². The summed E-state index contributed by atoms with van der Waals surface area (Å²) in [5, 5.41) is 0. The minimum absolute atomic E-state index is 0.255. The van der Waals surface area contributed by atoms with Gasteiger partial charge in [-0.1, -0.05) is 30.3 Å². The number of ether oxygens (including phenoxy) is 1. The minimum Gasteiger partial charge on any atom is -0.481 e. The third-order valence-corrected chi connectivity index (χ3v) is 4.62. The lowest BCUT2D eigenvalue weighted by Crippen LogP contribution is -2.03. The Morgan fingerprint density at radius 2 is 1.71 bits per heavy atom. The van der Waals surface area contributed by atoms with Crippen LogP contribution in [0.25, 0.3) is 11.3 Å². The first-order chi connectivity index (χ1) is 11.4. The van der Waals surface area contributed by atoms with Gasteiger partial charge in [0.25, 0.3) is 0 Å². The molecule has 124 valence electrons. The Bertz CT molecular complexity index is 915. The SMILES string of the molecule is CC(Oc1ccc(S(C)(=O)=O)cc1)c1ncc(-c2ccccc2)o1. The molecule has 0 spiro atoms. The van der Waals surface area contributed by atoms with E-state index in [1.807, 2.05) is 37.3 Å². The van der Waals surface area contributed by atoms with Crippen molar-refractivity contribution in [2.24, 2.45) is 0 Å². The Labute approximate surface area is 140 Å². The van der Waals surface area contributed by atoms with E-state index in [0.29, 0.717) is 17.4 Å². The van der Waals surface area contributed by atoms with Crippen LogP contribution in [-0.4, -0.2) is 19.7 Å². The fourth-order valence-corrected chi connectivity index (χ4v) is 2.86. The molecule has 2 aromatic carbocycles. The van der Waals surface area contributed by atoms with E-state index in [9.17, 15) is 8.42 Å². The Hall–Kier alpha value is -2.60. The van der Waals surface area contributed by atoms with Gasteiger partial charge in [-0.3, -0.25) is 0 Å². The Kier molecular flexibility index (Phi) is 4.40. The quantitative estimate of drug-likeness (QED) is 0.703. The van der Waals surface area contributed by atoms with Gasteiger partial charge in [-0.05, 0) is 31.2 Å². The smallest absolute Gasteiger partial charge is 0.235 e. The predicted octanol–water partition coefficient (Wildman–Crippen LogP) is 3.89. The summed E-state index contributed by atoms with van der Waals surface area (Å²) in [6, 6.07) is 16.0. The summed E-state index contributed by atoms with van der Waals surface area (Å²) < 4.78 is 34.4. The van der Waals surface area contributed by atoms with Crippen molar-refractivity contribution in [3.8, 4) is 17.1 Å². The number of oxazole rings is 1. The second-order valence-corrected chi connectivity index (χ2v) is 7.45. The second-order valence-electron chi connectivity index (χ2n) is 5.43. The maximum absolute atomic E-state index is 11.5. The van der Waals surface area contributed by atoms with Crippen LogP contribution in [-0.2, 0) is 9.84 Å². The highest BCUT2D eigenvalue weighted by atomic mass is 32.2. The van der Waals surface area contributed by atoms with Crippen LogP contribution in [0.5, 0.6) is 5.75 Å². The summed E-state index contributed by atoms with van der Waals surface area (Å²) >= 11 is 0. The van der Waals surface area contributed by atoms with Gasteiger partial charge in [-0.15, -0.1) is 0 Å². The minimum atomic E-state index is -3.21. The molecule has 6 heteroatoms. The zero-order valence-corrected chi connectivity index (χ0v) is 14.2. The maximum atomic E-state index is 11.5. The van der Waals surface area contributed by atoms with Gasteiger partial charge in [0.05, 0.1) is 11.1 Å².